The quantitative estimate of drug-likeness (QED) is 0.484. The van der Waals surface area contributed by atoms with E-state index < -0.39 is 0 Å². The van der Waals surface area contributed by atoms with E-state index in [4.69, 9.17) is 4.99 Å². The molecule has 26 heavy (non-hydrogen) atoms. The first-order chi connectivity index (χ1) is 12.5. The molecular formula is C24H38N2. The third kappa shape index (κ3) is 6.30. The summed E-state index contributed by atoms with van der Waals surface area (Å²) in [6, 6.07) is 6.82. The van der Waals surface area contributed by atoms with Crippen molar-refractivity contribution in [2.24, 2.45) is 16.8 Å². The fraction of sp³-hybridized carbons (Fsp3) is 0.625. The summed E-state index contributed by atoms with van der Waals surface area (Å²) in [7, 11) is 0. The third-order valence-corrected chi connectivity index (χ3v) is 4.84. The Morgan fingerprint density at radius 3 is 2.27 bits per heavy atom. The number of rotatable bonds is 9. The van der Waals surface area contributed by atoms with E-state index in [0.29, 0.717) is 11.8 Å². The molecule has 1 N–H and O–H groups in total. The minimum absolute atomic E-state index is 0.655. The lowest BCUT2D eigenvalue weighted by Crippen LogP contribution is -2.18. The number of para-hydroxylation sites is 1. The topological polar surface area (TPSA) is 24.4 Å². The number of hydrogen-bond donors (Lipinski definition) is 1. The summed E-state index contributed by atoms with van der Waals surface area (Å²) in [5.74, 6) is 1.31. The van der Waals surface area contributed by atoms with E-state index in [1.165, 1.54) is 47.5 Å². The van der Waals surface area contributed by atoms with Gasteiger partial charge in [-0.2, -0.15) is 0 Å². The Morgan fingerprint density at radius 2 is 1.69 bits per heavy atom. The summed E-state index contributed by atoms with van der Waals surface area (Å²) in [4.78, 5) is 4.92. The molecule has 1 aromatic rings. The summed E-state index contributed by atoms with van der Waals surface area (Å²) in [6.07, 6.45) is 10.5. The van der Waals surface area contributed by atoms with Gasteiger partial charge in [0.15, 0.2) is 0 Å². The zero-order chi connectivity index (χ0) is 18.9. The lowest BCUT2D eigenvalue weighted by atomic mass is 9.93. The molecule has 0 radical (unpaired) electrons. The second kappa shape index (κ2) is 10.5. The number of nitrogens with one attached hydrogen (secondary N) is 1. The molecule has 0 unspecified atom stereocenters. The lowest BCUT2D eigenvalue weighted by Gasteiger charge is -2.23. The van der Waals surface area contributed by atoms with Gasteiger partial charge in [-0.3, -0.25) is 4.99 Å². The van der Waals surface area contributed by atoms with E-state index in [1.54, 1.807) is 0 Å². The molecule has 2 heteroatoms. The maximum Gasteiger partial charge on any atom is 0.0579 e. The van der Waals surface area contributed by atoms with Crippen molar-refractivity contribution in [3.05, 3.63) is 41.1 Å². The van der Waals surface area contributed by atoms with E-state index in [0.717, 1.165) is 32.2 Å². The first-order valence-corrected chi connectivity index (χ1v) is 10.6. The van der Waals surface area contributed by atoms with Crippen molar-refractivity contribution in [1.29, 1.82) is 0 Å². The van der Waals surface area contributed by atoms with E-state index >= 15 is 0 Å². The zero-order valence-corrected chi connectivity index (χ0v) is 17.6. The average Bonchev–Trinajstić information content (AvgIpc) is 2.58. The smallest absolute Gasteiger partial charge is 0.0579 e. The number of nitrogens with zero attached hydrogens (tertiary/aromatic N) is 1. The Bertz CT molecular complexity index is 595. The van der Waals surface area contributed by atoms with Crippen LogP contribution in [0.15, 0.2) is 35.0 Å². The van der Waals surface area contributed by atoms with E-state index in [1.807, 2.05) is 0 Å². The third-order valence-electron chi connectivity index (χ3n) is 4.84. The number of hydrogen-bond acceptors (Lipinski definition) is 2. The number of aliphatic imine (C=N–C) groups is 1. The SMILES string of the molecule is CCCC/N=C1\CCCC=C1Nc1c(CC(C)C)cccc1CC(C)C. The Balaban J connectivity index is 2.32. The second-order valence-corrected chi connectivity index (χ2v) is 8.46. The maximum absolute atomic E-state index is 4.92. The van der Waals surface area contributed by atoms with Crippen LogP contribution in [0.3, 0.4) is 0 Å². The van der Waals surface area contributed by atoms with Crippen LogP contribution in [-0.2, 0) is 12.8 Å². The summed E-state index contributed by atoms with van der Waals surface area (Å²) >= 11 is 0. The molecule has 0 aliphatic heterocycles. The fourth-order valence-corrected chi connectivity index (χ4v) is 3.60. The van der Waals surface area contributed by atoms with Crippen LogP contribution < -0.4 is 5.32 Å². The van der Waals surface area contributed by atoms with E-state index in [9.17, 15) is 0 Å². The van der Waals surface area contributed by atoms with Crippen molar-refractivity contribution in [1.82, 2.24) is 0 Å². The number of allylic oxidation sites excluding steroid dienone is 2. The lowest BCUT2D eigenvalue weighted by molar-refractivity contribution is 0.638. The van der Waals surface area contributed by atoms with Crippen LogP contribution >= 0.6 is 0 Å². The monoisotopic (exact) mass is 354 g/mol. The molecule has 0 heterocycles. The van der Waals surface area contributed by atoms with Gasteiger partial charge in [-0.05, 0) is 61.5 Å². The fourth-order valence-electron chi connectivity index (χ4n) is 3.60. The number of unbranched alkanes of at least 4 members (excludes halogenated alkanes) is 1. The van der Waals surface area contributed by atoms with E-state index in [-0.39, 0.29) is 0 Å². The Hall–Kier alpha value is -1.57. The Morgan fingerprint density at radius 1 is 1.04 bits per heavy atom. The molecule has 1 aromatic carbocycles. The minimum atomic E-state index is 0.655. The second-order valence-electron chi connectivity index (χ2n) is 8.46. The molecule has 0 saturated heterocycles. The molecular weight excluding hydrogens is 316 g/mol. The first kappa shape index (κ1) is 20.7. The van der Waals surface area contributed by atoms with Gasteiger partial charge in [0.2, 0.25) is 0 Å². The first-order valence-electron chi connectivity index (χ1n) is 10.6. The molecule has 0 spiro atoms. The summed E-state index contributed by atoms with van der Waals surface area (Å²) in [5.41, 5.74) is 6.76. The molecule has 0 aromatic heterocycles. The molecule has 0 saturated carbocycles. The standard InChI is InChI=1S/C24H38N2/c1-6-7-15-25-22-13-8-9-14-23(22)26-24-20(16-18(2)3)11-10-12-21(24)17-19(4)5/h10-12,14,18-19,26H,6-9,13,15-17H2,1-5H3/b25-22+. The van der Waals surface area contributed by atoms with E-state index in [2.05, 4.69) is 64.2 Å². The number of anilines is 1. The maximum atomic E-state index is 4.92. The van der Waals surface area contributed by atoms with Gasteiger partial charge >= 0.3 is 0 Å². The van der Waals surface area contributed by atoms with Gasteiger partial charge in [-0.15, -0.1) is 0 Å². The van der Waals surface area contributed by atoms with Crippen LogP contribution in [0, 0.1) is 11.8 Å². The van der Waals surface area contributed by atoms with Crippen molar-refractivity contribution in [3.63, 3.8) is 0 Å². The van der Waals surface area contributed by atoms with Crippen molar-refractivity contribution >= 4 is 11.4 Å². The van der Waals surface area contributed by atoms with Crippen molar-refractivity contribution in [2.75, 3.05) is 11.9 Å². The predicted molar refractivity (Wildman–Crippen MR) is 116 cm³/mol. The summed E-state index contributed by atoms with van der Waals surface area (Å²) < 4.78 is 0. The molecule has 0 amide bonds. The molecule has 2 rings (SSSR count). The highest BCUT2D eigenvalue weighted by molar-refractivity contribution is 6.03. The highest BCUT2D eigenvalue weighted by atomic mass is 14.9. The highest BCUT2D eigenvalue weighted by Crippen LogP contribution is 2.29. The predicted octanol–water partition coefficient (Wildman–Crippen LogP) is 6.80. The minimum Gasteiger partial charge on any atom is -0.354 e. The van der Waals surface area contributed by atoms with Crippen LogP contribution in [0.2, 0.25) is 0 Å². The van der Waals surface area contributed by atoms with Gasteiger partial charge in [0, 0.05) is 12.2 Å². The Labute approximate surface area is 161 Å². The molecule has 2 nitrogen and oxygen atoms in total. The van der Waals surface area contributed by atoms with Gasteiger partial charge in [0.25, 0.3) is 0 Å². The van der Waals surface area contributed by atoms with Crippen molar-refractivity contribution in [2.45, 2.75) is 79.6 Å². The zero-order valence-electron chi connectivity index (χ0n) is 17.6. The van der Waals surface area contributed by atoms with Crippen molar-refractivity contribution in [3.8, 4) is 0 Å². The van der Waals surface area contributed by atoms with Crippen LogP contribution in [0.4, 0.5) is 5.69 Å². The molecule has 0 bridgehead atoms. The molecule has 1 aliphatic carbocycles. The largest absolute Gasteiger partial charge is 0.354 e. The van der Waals surface area contributed by atoms with Crippen LogP contribution in [0.5, 0.6) is 0 Å². The Kier molecular flexibility index (Phi) is 8.41. The van der Waals surface area contributed by atoms with Crippen LogP contribution in [0.1, 0.15) is 77.8 Å². The molecule has 144 valence electrons. The van der Waals surface area contributed by atoms with Gasteiger partial charge in [-0.25, -0.2) is 0 Å². The molecule has 0 atom stereocenters. The molecule has 0 fully saturated rings. The molecule has 1 aliphatic rings. The van der Waals surface area contributed by atoms with Crippen LogP contribution in [-0.4, -0.2) is 12.3 Å². The summed E-state index contributed by atoms with van der Waals surface area (Å²) in [6.45, 7) is 12.4. The van der Waals surface area contributed by atoms with Gasteiger partial charge in [0.05, 0.1) is 11.4 Å². The average molecular weight is 355 g/mol. The van der Waals surface area contributed by atoms with Crippen LogP contribution in [0.25, 0.3) is 0 Å². The van der Waals surface area contributed by atoms with Gasteiger partial charge < -0.3 is 5.32 Å². The highest BCUT2D eigenvalue weighted by Gasteiger charge is 2.16. The van der Waals surface area contributed by atoms with Gasteiger partial charge in [0.1, 0.15) is 0 Å². The normalized spacial score (nSPS) is 16.4. The summed E-state index contributed by atoms with van der Waals surface area (Å²) in [5, 5.41) is 3.84. The van der Waals surface area contributed by atoms with Gasteiger partial charge in [-0.1, -0.05) is 65.3 Å². The number of benzene rings is 1. The van der Waals surface area contributed by atoms with Crippen molar-refractivity contribution < 1.29 is 0 Å².